The van der Waals surface area contributed by atoms with E-state index >= 15 is 0 Å². The van der Waals surface area contributed by atoms with E-state index in [4.69, 9.17) is 4.74 Å². The Labute approximate surface area is 119 Å². The molecule has 0 atom stereocenters. The quantitative estimate of drug-likeness (QED) is 0.778. The number of benzene rings is 1. The van der Waals surface area contributed by atoms with Crippen LogP contribution in [0.3, 0.4) is 0 Å². The second-order valence-corrected chi connectivity index (χ2v) is 4.69. The molecule has 1 aromatic carbocycles. The first-order valence-corrected chi connectivity index (χ1v) is 6.87. The van der Waals surface area contributed by atoms with E-state index in [1.54, 1.807) is 13.3 Å². The second-order valence-electron chi connectivity index (χ2n) is 4.69. The lowest BCUT2D eigenvalue weighted by Gasteiger charge is -2.05. The monoisotopic (exact) mass is 272 g/mol. The number of methoxy groups -OCH3 is 1. The van der Waals surface area contributed by atoms with Gasteiger partial charge in [0.05, 0.1) is 13.5 Å². The lowest BCUT2D eigenvalue weighted by atomic mass is 10.1. The third-order valence-corrected chi connectivity index (χ3v) is 3.35. The van der Waals surface area contributed by atoms with Gasteiger partial charge < -0.3 is 9.30 Å². The maximum atomic E-state index is 12.0. The molecule has 106 valence electrons. The zero-order valence-electron chi connectivity index (χ0n) is 12.0. The Bertz CT molecular complexity index is 558. The Kier molecular flexibility index (Phi) is 4.93. The van der Waals surface area contributed by atoms with Crippen LogP contribution in [-0.4, -0.2) is 22.4 Å². The minimum absolute atomic E-state index is 0.224. The van der Waals surface area contributed by atoms with Crippen LogP contribution in [0.25, 0.3) is 0 Å². The largest absolute Gasteiger partial charge is 0.497 e. The molecule has 1 aromatic heterocycles. The van der Waals surface area contributed by atoms with E-state index < -0.39 is 0 Å². The Morgan fingerprint density at radius 3 is 2.70 bits per heavy atom. The van der Waals surface area contributed by atoms with E-state index in [1.807, 2.05) is 42.0 Å². The van der Waals surface area contributed by atoms with Crippen LogP contribution in [0.4, 0.5) is 0 Å². The number of ketones is 1. The fraction of sp³-hybridized carbons (Fsp3) is 0.375. The fourth-order valence-electron chi connectivity index (χ4n) is 2.14. The Hall–Kier alpha value is -2.10. The van der Waals surface area contributed by atoms with Crippen LogP contribution in [0.15, 0.2) is 36.7 Å². The van der Waals surface area contributed by atoms with Crippen molar-refractivity contribution in [1.29, 1.82) is 0 Å². The van der Waals surface area contributed by atoms with Crippen LogP contribution < -0.4 is 4.74 Å². The van der Waals surface area contributed by atoms with Gasteiger partial charge in [-0.3, -0.25) is 4.79 Å². The summed E-state index contributed by atoms with van der Waals surface area (Å²) in [6.07, 6.45) is 5.37. The van der Waals surface area contributed by atoms with E-state index in [0.29, 0.717) is 12.8 Å². The number of hydrogen-bond acceptors (Lipinski definition) is 3. The molecule has 1 heterocycles. The Balaban J connectivity index is 1.85. The summed E-state index contributed by atoms with van der Waals surface area (Å²) in [4.78, 5) is 16.2. The molecule has 0 bridgehead atoms. The first-order valence-electron chi connectivity index (χ1n) is 6.87. The number of carbonyl (C=O) groups excluding carboxylic acids is 1. The molecule has 0 fully saturated rings. The number of hydrogen-bond donors (Lipinski definition) is 0. The standard InChI is InChI=1S/C16H20N2O2/c1-3-18-11-10-17-16(18)12-14(19)7-4-13-5-8-15(20-2)9-6-13/h5-6,8-11H,3-4,7,12H2,1-2H3. The molecular weight excluding hydrogens is 252 g/mol. The zero-order chi connectivity index (χ0) is 14.4. The van der Waals surface area contributed by atoms with Crippen molar-refractivity contribution in [3.05, 3.63) is 48.0 Å². The highest BCUT2D eigenvalue weighted by molar-refractivity contribution is 5.80. The van der Waals surface area contributed by atoms with Crippen LogP contribution in [0, 0.1) is 0 Å². The smallest absolute Gasteiger partial charge is 0.140 e. The normalized spacial score (nSPS) is 10.5. The number of carbonyl (C=O) groups is 1. The van der Waals surface area contributed by atoms with E-state index in [9.17, 15) is 4.79 Å². The molecule has 0 amide bonds. The van der Waals surface area contributed by atoms with Crippen molar-refractivity contribution in [2.75, 3.05) is 7.11 Å². The van der Waals surface area contributed by atoms with Crippen LogP contribution in [0.1, 0.15) is 24.7 Å². The number of aromatic nitrogens is 2. The Morgan fingerprint density at radius 1 is 1.30 bits per heavy atom. The summed E-state index contributed by atoms with van der Waals surface area (Å²) in [7, 11) is 1.65. The van der Waals surface area contributed by atoms with Gasteiger partial charge in [-0.05, 0) is 31.0 Å². The van der Waals surface area contributed by atoms with Gasteiger partial charge in [0.2, 0.25) is 0 Å². The van der Waals surface area contributed by atoms with Crippen molar-refractivity contribution in [2.24, 2.45) is 0 Å². The number of ether oxygens (including phenoxy) is 1. The molecule has 0 aliphatic rings. The number of imidazole rings is 1. The molecule has 0 N–H and O–H groups in total. The van der Waals surface area contributed by atoms with Gasteiger partial charge in [0.25, 0.3) is 0 Å². The summed E-state index contributed by atoms with van der Waals surface area (Å²) < 4.78 is 7.12. The number of rotatable bonds is 7. The van der Waals surface area contributed by atoms with Crippen molar-refractivity contribution >= 4 is 5.78 Å². The van der Waals surface area contributed by atoms with Gasteiger partial charge in [-0.15, -0.1) is 0 Å². The highest BCUT2D eigenvalue weighted by Gasteiger charge is 2.08. The van der Waals surface area contributed by atoms with E-state index in [-0.39, 0.29) is 5.78 Å². The van der Waals surface area contributed by atoms with Crippen molar-refractivity contribution in [1.82, 2.24) is 9.55 Å². The van der Waals surface area contributed by atoms with Gasteiger partial charge in [0.1, 0.15) is 17.4 Å². The first-order chi connectivity index (χ1) is 9.72. The zero-order valence-corrected chi connectivity index (χ0v) is 12.0. The molecule has 2 rings (SSSR count). The molecule has 0 aliphatic heterocycles. The molecule has 0 saturated heterocycles. The van der Waals surface area contributed by atoms with Gasteiger partial charge in [-0.2, -0.15) is 0 Å². The molecule has 0 unspecified atom stereocenters. The third-order valence-electron chi connectivity index (χ3n) is 3.35. The summed E-state index contributed by atoms with van der Waals surface area (Å²) in [5, 5.41) is 0. The summed E-state index contributed by atoms with van der Waals surface area (Å²) in [5.41, 5.74) is 1.15. The molecule has 0 radical (unpaired) electrons. The van der Waals surface area contributed by atoms with Gasteiger partial charge in [0.15, 0.2) is 0 Å². The second kappa shape index (κ2) is 6.89. The summed E-state index contributed by atoms with van der Waals surface area (Å²) in [6, 6.07) is 7.84. The van der Waals surface area contributed by atoms with E-state index in [0.717, 1.165) is 30.1 Å². The minimum atomic E-state index is 0.224. The molecule has 4 nitrogen and oxygen atoms in total. The lowest BCUT2D eigenvalue weighted by molar-refractivity contribution is -0.118. The van der Waals surface area contributed by atoms with Crippen molar-refractivity contribution in [2.45, 2.75) is 32.7 Å². The fourth-order valence-corrected chi connectivity index (χ4v) is 2.14. The van der Waals surface area contributed by atoms with E-state index in [1.165, 1.54) is 0 Å². The van der Waals surface area contributed by atoms with Crippen LogP contribution in [-0.2, 0) is 24.2 Å². The lowest BCUT2D eigenvalue weighted by Crippen LogP contribution is -2.10. The number of nitrogens with zero attached hydrogens (tertiary/aromatic N) is 2. The molecule has 4 heteroatoms. The first kappa shape index (κ1) is 14.3. The van der Waals surface area contributed by atoms with Gasteiger partial charge in [-0.1, -0.05) is 12.1 Å². The summed E-state index contributed by atoms with van der Waals surface area (Å²) in [5.74, 6) is 1.92. The maximum absolute atomic E-state index is 12.0. The van der Waals surface area contributed by atoms with Crippen LogP contribution in [0.2, 0.25) is 0 Å². The molecule has 0 saturated carbocycles. The average molecular weight is 272 g/mol. The Morgan fingerprint density at radius 2 is 2.05 bits per heavy atom. The topological polar surface area (TPSA) is 44.1 Å². The van der Waals surface area contributed by atoms with E-state index in [2.05, 4.69) is 4.98 Å². The number of aryl methyl sites for hydroxylation is 2. The minimum Gasteiger partial charge on any atom is -0.497 e. The maximum Gasteiger partial charge on any atom is 0.140 e. The average Bonchev–Trinajstić information content (AvgIpc) is 2.92. The molecule has 0 aliphatic carbocycles. The van der Waals surface area contributed by atoms with Crippen LogP contribution >= 0.6 is 0 Å². The van der Waals surface area contributed by atoms with Gasteiger partial charge in [-0.25, -0.2) is 4.98 Å². The predicted octanol–water partition coefficient (Wildman–Crippen LogP) is 2.66. The molecule has 20 heavy (non-hydrogen) atoms. The van der Waals surface area contributed by atoms with Crippen molar-refractivity contribution < 1.29 is 9.53 Å². The molecule has 0 spiro atoms. The summed E-state index contributed by atoms with van der Waals surface area (Å²) in [6.45, 7) is 2.90. The van der Waals surface area contributed by atoms with Gasteiger partial charge >= 0.3 is 0 Å². The molecular formula is C16H20N2O2. The van der Waals surface area contributed by atoms with Crippen molar-refractivity contribution in [3.63, 3.8) is 0 Å². The highest BCUT2D eigenvalue weighted by atomic mass is 16.5. The SMILES string of the molecule is CCn1ccnc1CC(=O)CCc1ccc(OC)cc1. The van der Waals surface area contributed by atoms with Crippen molar-refractivity contribution in [3.8, 4) is 5.75 Å². The molecule has 2 aromatic rings. The number of Topliss-reactive ketones (excluding diaryl/α,β-unsaturated/α-hetero) is 1. The third kappa shape index (κ3) is 3.70. The van der Waals surface area contributed by atoms with Gasteiger partial charge in [0, 0.05) is 25.4 Å². The van der Waals surface area contributed by atoms with Crippen LogP contribution in [0.5, 0.6) is 5.75 Å². The predicted molar refractivity (Wildman–Crippen MR) is 77.9 cm³/mol. The summed E-state index contributed by atoms with van der Waals surface area (Å²) >= 11 is 0. The highest BCUT2D eigenvalue weighted by Crippen LogP contribution is 2.13.